The van der Waals surface area contributed by atoms with Gasteiger partial charge in [0.15, 0.2) is 0 Å². The second-order valence-corrected chi connectivity index (χ2v) is 7.22. The van der Waals surface area contributed by atoms with Gasteiger partial charge in [0.05, 0.1) is 22.2 Å². The van der Waals surface area contributed by atoms with Gasteiger partial charge in [0.1, 0.15) is 10.6 Å². The molecule has 0 fully saturated rings. The van der Waals surface area contributed by atoms with Crippen LogP contribution in [0.25, 0.3) is 15.9 Å². The minimum atomic E-state index is -0.961. The highest BCUT2D eigenvalue weighted by molar-refractivity contribution is 7.20. The Labute approximate surface area is 153 Å². The summed E-state index contributed by atoms with van der Waals surface area (Å²) in [6, 6.07) is 7.20. The van der Waals surface area contributed by atoms with Crippen LogP contribution < -0.4 is 5.32 Å². The SMILES string of the molecule is Cc1nn(-c2ccc(F)cc2)c2sc(C(=O)NC(C)C(C)C(=O)O)cc12. The molecule has 0 saturated heterocycles. The number of hydrogen-bond acceptors (Lipinski definition) is 4. The van der Waals surface area contributed by atoms with Crippen LogP contribution in [0.3, 0.4) is 0 Å². The van der Waals surface area contributed by atoms with Crippen molar-refractivity contribution in [1.82, 2.24) is 15.1 Å². The Kier molecular flexibility index (Phi) is 4.78. The van der Waals surface area contributed by atoms with Gasteiger partial charge in [-0.3, -0.25) is 9.59 Å². The van der Waals surface area contributed by atoms with Gasteiger partial charge in [-0.1, -0.05) is 0 Å². The first-order valence-corrected chi connectivity index (χ1v) is 8.88. The summed E-state index contributed by atoms with van der Waals surface area (Å²) in [5.74, 6) is -2.31. The van der Waals surface area contributed by atoms with Crippen LogP contribution in [0.5, 0.6) is 0 Å². The van der Waals surface area contributed by atoms with Crippen LogP contribution >= 0.6 is 11.3 Å². The maximum atomic E-state index is 13.2. The molecule has 26 heavy (non-hydrogen) atoms. The molecule has 0 saturated carbocycles. The number of carbonyl (C=O) groups is 2. The van der Waals surface area contributed by atoms with Gasteiger partial charge in [-0.2, -0.15) is 5.10 Å². The number of fused-ring (bicyclic) bond motifs is 1. The number of hydrogen-bond donors (Lipinski definition) is 2. The third-order valence-electron chi connectivity index (χ3n) is 4.34. The fourth-order valence-corrected chi connectivity index (χ4v) is 3.62. The first-order valence-electron chi connectivity index (χ1n) is 8.06. The van der Waals surface area contributed by atoms with Crippen LogP contribution in [0.2, 0.25) is 0 Å². The van der Waals surface area contributed by atoms with Gasteiger partial charge in [0.2, 0.25) is 0 Å². The van der Waals surface area contributed by atoms with Crippen molar-refractivity contribution in [1.29, 1.82) is 0 Å². The highest BCUT2D eigenvalue weighted by Crippen LogP contribution is 2.30. The molecule has 0 bridgehead atoms. The van der Waals surface area contributed by atoms with Crippen LogP contribution in [0, 0.1) is 18.7 Å². The third kappa shape index (κ3) is 3.32. The van der Waals surface area contributed by atoms with E-state index in [-0.39, 0.29) is 11.7 Å². The van der Waals surface area contributed by atoms with Gasteiger partial charge in [0.25, 0.3) is 5.91 Å². The molecular weight excluding hydrogens is 357 g/mol. The smallest absolute Gasteiger partial charge is 0.308 e. The summed E-state index contributed by atoms with van der Waals surface area (Å²) in [5.41, 5.74) is 1.46. The molecule has 8 heteroatoms. The monoisotopic (exact) mass is 375 g/mol. The highest BCUT2D eigenvalue weighted by Gasteiger charge is 2.23. The minimum Gasteiger partial charge on any atom is -0.481 e. The second kappa shape index (κ2) is 6.87. The molecule has 0 spiro atoms. The number of nitrogens with zero attached hydrogens (tertiary/aromatic N) is 2. The largest absolute Gasteiger partial charge is 0.481 e. The average molecular weight is 375 g/mol. The lowest BCUT2D eigenvalue weighted by atomic mass is 10.0. The number of carboxylic acids is 1. The summed E-state index contributed by atoms with van der Waals surface area (Å²) >= 11 is 1.26. The van der Waals surface area contributed by atoms with Crippen LogP contribution in [0.15, 0.2) is 30.3 Å². The molecule has 2 unspecified atom stereocenters. The van der Waals surface area contributed by atoms with Crippen LogP contribution in [-0.4, -0.2) is 32.8 Å². The van der Waals surface area contributed by atoms with E-state index in [1.54, 1.807) is 36.7 Å². The van der Waals surface area contributed by atoms with E-state index in [9.17, 15) is 14.0 Å². The predicted molar refractivity (Wildman–Crippen MR) is 97.4 cm³/mol. The summed E-state index contributed by atoms with van der Waals surface area (Å²) < 4.78 is 14.8. The summed E-state index contributed by atoms with van der Waals surface area (Å²) in [4.78, 5) is 24.8. The molecule has 6 nitrogen and oxygen atoms in total. The van der Waals surface area contributed by atoms with Gasteiger partial charge in [-0.15, -0.1) is 11.3 Å². The van der Waals surface area contributed by atoms with Crippen LogP contribution in [-0.2, 0) is 4.79 Å². The molecule has 3 aromatic rings. The van der Waals surface area contributed by atoms with Gasteiger partial charge >= 0.3 is 5.97 Å². The van der Waals surface area contributed by atoms with E-state index in [1.807, 2.05) is 6.92 Å². The number of halogens is 1. The maximum absolute atomic E-state index is 13.2. The molecule has 1 amide bonds. The number of thiophene rings is 1. The first-order chi connectivity index (χ1) is 12.3. The summed E-state index contributed by atoms with van der Waals surface area (Å²) in [5, 5.41) is 17.1. The fourth-order valence-electron chi connectivity index (χ4n) is 2.53. The lowest BCUT2D eigenvalue weighted by Crippen LogP contribution is -2.39. The zero-order valence-corrected chi connectivity index (χ0v) is 15.3. The van der Waals surface area contributed by atoms with Crippen molar-refractivity contribution >= 4 is 33.4 Å². The number of aryl methyl sites for hydroxylation is 1. The maximum Gasteiger partial charge on any atom is 0.308 e. The fraction of sp³-hybridized carbons (Fsp3) is 0.278. The van der Waals surface area contributed by atoms with Crippen molar-refractivity contribution in [3.8, 4) is 5.69 Å². The van der Waals surface area contributed by atoms with E-state index >= 15 is 0 Å². The zero-order chi connectivity index (χ0) is 19.0. The lowest BCUT2D eigenvalue weighted by molar-refractivity contribution is -0.141. The number of aliphatic carboxylic acids is 1. The Morgan fingerprint density at radius 3 is 2.54 bits per heavy atom. The Morgan fingerprint density at radius 2 is 1.92 bits per heavy atom. The van der Waals surface area contributed by atoms with E-state index in [4.69, 9.17) is 5.11 Å². The molecule has 136 valence electrons. The highest BCUT2D eigenvalue weighted by atomic mass is 32.1. The van der Waals surface area contributed by atoms with Gasteiger partial charge in [-0.25, -0.2) is 9.07 Å². The Bertz CT molecular complexity index is 978. The third-order valence-corrected chi connectivity index (χ3v) is 5.45. The van der Waals surface area contributed by atoms with E-state index in [0.29, 0.717) is 10.6 Å². The summed E-state index contributed by atoms with van der Waals surface area (Å²) in [6.45, 7) is 5.05. The normalized spacial score (nSPS) is 13.5. The molecule has 0 radical (unpaired) electrons. The molecule has 2 aromatic heterocycles. The topological polar surface area (TPSA) is 84.2 Å². The minimum absolute atomic E-state index is 0.322. The summed E-state index contributed by atoms with van der Waals surface area (Å²) in [7, 11) is 0. The average Bonchev–Trinajstić information content (AvgIpc) is 3.16. The first kappa shape index (κ1) is 18.1. The van der Waals surface area contributed by atoms with Gasteiger partial charge in [-0.05, 0) is 51.1 Å². The van der Waals surface area contributed by atoms with Gasteiger partial charge in [0, 0.05) is 11.4 Å². The van der Waals surface area contributed by atoms with Crippen molar-refractivity contribution in [2.45, 2.75) is 26.8 Å². The lowest BCUT2D eigenvalue weighted by Gasteiger charge is -2.17. The number of aromatic nitrogens is 2. The van der Waals surface area contributed by atoms with E-state index in [0.717, 1.165) is 15.9 Å². The van der Waals surface area contributed by atoms with Crippen molar-refractivity contribution in [2.75, 3.05) is 0 Å². The molecule has 1 aromatic carbocycles. The van der Waals surface area contributed by atoms with Gasteiger partial charge < -0.3 is 10.4 Å². The number of nitrogens with one attached hydrogen (secondary N) is 1. The molecule has 2 N–H and O–H groups in total. The number of carboxylic acid groups (broad SMARTS) is 1. The quantitative estimate of drug-likeness (QED) is 0.716. The molecule has 2 heterocycles. The number of benzene rings is 1. The number of rotatable bonds is 5. The predicted octanol–water partition coefficient (Wildman–Crippen LogP) is 3.37. The molecule has 0 aliphatic rings. The second-order valence-electron chi connectivity index (χ2n) is 6.19. The Hall–Kier alpha value is -2.74. The van der Waals surface area contributed by atoms with Crippen molar-refractivity contribution in [2.24, 2.45) is 5.92 Å². The molecule has 0 aliphatic heterocycles. The molecule has 0 aliphatic carbocycles. The van der Waals surface area contributed by atoms with E-state index in [2.05, 4.69) is 10.4 Å². The zero-order valence-electron chi connectivity index (χ0n) is 14.5. The number of amides is 1. The molecule has 2 atom stereocenters. The van der Waals surface area contributed by atoms with Crippen molar-refractivity contribution < 1.29 is 19.1 Å². The van der Waals surface area contributed by atoms with E-state index < -0.39 is 17.9 Å². The Balaban J connectivity index is 1.92. The molecular formula is C18H18FN3O3S. The van der Waals surface area contributed by atoms with E-state index in [1.165, 1.54) is 23.5 Å². The van der Waals surface area contributed by atoms with Crippen LogP contribution in [0.1, 0.15) is 29.2 Å². The van der Waals surface area contributed by atoms with Crippen molar-refractivity contribution in [3.05, 3.63) is 46.7 Å². The Morgan fingerprint density at radius 1 is 1.27 bits per heavy atom. The summed E-state index contributed by atoms with van der Waals surface area (Å²) in [6.07, 6.45) is 0. The standard InChI is InChI=1S/C18H18FN3O3S/c1-9(18(24)25)10(2)20-16(23)15-8-14-11(3)21-22(17(14)26-15)13-6-4-12(19)5-7-13/h4-10H,1-3H3,(H,20,23)(H,24,25). The van der Waals surface area contributed by atoms with Crippen molar-refractivity contribution in [3.63, 3.8) is 0 Å². The van der Waals surface area contributed by atoms with Crippen LogP contribution in [0.4, 0.5) is 4.39 Å². The molecule has 3 rings (SSSR count). The number of carbonyl (C=O) groups excluding carboxylic acids is 1.